The molecule has 0 aliphatic carbocycles. The van der Waals surface area contributed by atoms with Crippen molar-refractivity contribution in [3.8, 4) is 5.75 Å². The van der Waals surface area contributed by atoms with Crippen LogP contribution in [0.4, 0.5) is 5.95 Å². The topological polar surface area (TPSA) is 47.0 Å². The molecule has 0 aliphatic rings. The summed E-state index contributed by atoms with van der Waals surface area (Å²) in [6, 6.07) is 0. The van der Waals surface area contributed by atoms with Gasteiger partial charge in [-0.05, 0) is 6.26 Å². The molecule has 5 heteroatoms. The van der Waals surface area contributed by atoms with Crippen LogP contribution in [0.25, 0.3) is 0 Å². The lowest BCUT2D eigenvalue weighted by atomic mass is 10.6. The molecule has 0 atom stereocenters. The molecule has 0 unspecified atom stereocenters. The molecule has 0 bridgehead atoms. The van der Waals surface area contributed by atoms with Gasteiger partial charge in [-0.1, -0.05) is 0 Å². The van der Waals surface area contributed by atoms with Crippen molar-refractivity contribution in [2.45, 2.75) is 0 Å². The number of aromatic nitrogens is 2. The van der Waals surface area contributed by atoms with Crippen LogP contribution in [0.3, 0.4) is 0 Å². The Morgan fingerprint density at radius 2 is 2.15 bits per heavy atom. The summed E-state index contributed by atoms with van der Waals surface area (Å²) in [5.41, 5.74) is 0. The third-order valence-electron chi connectivity index (χ3n) is 1.45. The lowest BCUT2D eigenvalue weighted by molar-refractivity contribution is 0.411. The maximum absolute atomic E-state index is 4.94. The molecule has 1 N–H and O–H groups in total. The van der Waals surface area contributed by atoms with Crippen LogP contribution in [0.15, 0.2) is 12.4 Å². The number of hydrogen-bond donors (Lipinski definition) is 1. The zero-order chi connectivity index (χ0) is 9.52. The molecule has 0 aliphatic heterocycles. The van der Waals surface area contributed by atoms with Crippen molar-refractivity contribution in [1.29, 1.82) is 0 Å². The lowest BCUT2D eigenvalue weighted by Gasteiger charge is -2.03. The van der Waals surface area contributed by atoms with E-state index in [4.69, 9.17) is 4.74 Å². The van der Waals surface area contributed by atoms with Crippen molar-refractivity contribution in [3.05, 3.63) is 12.4 Å². The Balaban J connectivity index is 2.40. The fraction of sp³-hybridized carbons (Fsp3) is 0.500. The van der Waals surface area contributed by atoms with Gasteiger partial charge < -0.3 is 10.1 Å². The first-order valence-corrected chi connectivity index (χ1v) is 5.35. The van der Waals surface area contributed by atoms with Gasteiger partial charge in [-0.25, -0.2) is 9.97 Å². The van der Waals surface area contributed by atoms with E-state index in [9.17, 15) is 0 Å². The normalized spacial score (nSPS) is 9.69. The van der Waals surface area contributed by atoms with E-state index in [1.807, 2.05) is 0 Å². The number of methoxy groups -OCH3 is 1. The van der Waals surface area contributed by atoms with E-state index in [2.05, 4.69) is 21.5 Å². The highest BCUT2D eigenvalue weighted by molar-refractivity contribution is 7.98. The molecular formula is C8H13N3OS. The highest BCUT2D eigenvalue weighted by Gasteiger charge is 1.95. The quantitative estimate of drug-likeness (QED) is 0.723. The molecule has 0 fully saturated rings. The maximum atomic E-state index is 4.94. The molecular weight excluding hydrogens is 186 g/mol. The van der Waals surface area contributed by atoms with Crippen molar-refractivity contribution < 1.29 is 4.74 Å². The fourth-order valence-corrected chi connectivity index (χ4v) is 1.08. The minimum Gasteiger partial charge on any atom is -0.494 e. The van der Waals surface area contributed by atoms with Gasteiger partial charge in [0.1, 0.15) is 0 Å². The van der Waals surface area contributed by atoms with Crippen molar-refractivity contribution in [2.24, 2.45) is 0 Å². The number of rotatable bonds is 5. The Hall–Kier alpha value is -0.970. The predicted molar refractivity (Wildman–Crippen MR) is 55.5 cm³/mol. The van der Waals surface area contributed by atoms with Crippen LogP contribution in [0, 0.1) is 0 Å². The minimum absolute atomic E-state index is 0.648. The molecule has 0 radical (unpaired) electrons. The van der Waals surface area contributed by atoms with E-state index in [0.717, 1.165) is 12.3 Å². The minimum atomic E-state index is 0.648. The van der Waals surface area contributed by atoms with Crippen LogP contribution in [0.2, 0.25) is 0 Å². The number of thioether (sulfide) groups is 1. The lowest BCUT2D eigenvalue weighted by Crippen LogP contribution is -2.06. The first kappa shape index (κ1) is 10.1. The zero-order valence-corrected chi connectivity index (χ0v) is 8.60. The number of ether oxygens (including phenoxy) is 1. The second-order valence-corrected chi connectivity index (χ2v) is 3.35. The standard InChI is InChI=1S/C8H13N3OS/c1-12-7-5-10-8(11-6-7)9-3-4-13-2/h5-6H,3-4H2,1-2H3,(H,9,10,11). The molecule has 1 aromatic heterocycles. The monoisotopic (exact) mass is 199 g/mol. The van der Waals surface area contributed by atoms with Crippen LogP contribution in [0.1, 0.15) is 0 Å². The summed E-state index contributed by atoms with van der Waals surface area (Å²) in [5.74, 6) is 2.38. The number of nitrogens with zero attached hydrogens (tertiary/aromatic N) is 2. The third kappa shape index (κ3) is 3.50. The molecule has 1 aromatic rings. The largest absolute Gasteiger partial charge is 0.494 e. The van der Waals surface area contributed by atoms with Gasteiger partial charge in [-0.3, -0.25) is 0 Å². The molecule has 0 saturated heterocycles. The number of hydrogen-bond acceptors (Lipinski definition) is 5. The van der Waals surface area contributed by atoms with Gasteiger partial charge >= 0.3 is 0 Å². The predicted octanol–water partition coefficient (Wildman–Crippen LogP) is 1.26. The first-order valence-electron chi connectivity index (χ1n) is 3.95. The van der Waals surface area contributed by atoms with Crippen molar-refractivity contribution >= 4 is 17.7 Å². The summed E-state index contributed by atoms with van der Waals surface area (Å²) >= 11 is 1.79. The van der Waals surface area contributed by atoms with Crippen LogP contribution in [-0.2, 0) is 0 Å². The van der Waals surface area contributed by atoms with Crippen molar-refractivity contribution in [3.63, 3.8) is 0 Å². The van der Waals surface area contributed by atoms with E-state index in [-0.39, 0.29) is 0 Å². The molecule has 72 valence electrons. The Kier molecular flexibility index (Phi) is 4.39. The van der Waals surface area contributed by atoms with Gasteiger partial charge in [0, 0.05) is 12.3 Å². The Morgan fingerprint density at radius 1 is 1.46 bits per heavy atom. The Morgan fingerprint density at radius 3 is 2.69 bits per heavy atom. The molecule has 1 heterocycles. The van der Waals surface area contributed by atoms with Gasteiger partial charge in [-0.2, -0.15) is 11.8 Å². The fourth-order valence-electron chi connectivity index (χ4n) is 0.778. The third-order valence-corrected chi connectivity index (χ3v) is 2.07. The summed E-state index contributed by atoms with van der Waals surface area (Å²) in [6.45, 7) is 0.882. The van der Waals surface area contributed by atoms with Gasteiger partial charge in [0.2, 0.25) is 5.95 Å². The van der Waals surface area contributed by atoms with Gasteiger partial charge in [0.05, 0.1) is 19.5 Å². The molecule has 13 heavy (non-hydrogen) atoms. The van der Waals surface area contributed by atoms with E-state index in [1.54, 1.807) is 31.3 Å². The van der Waals surface area contributed by atoms with Gasteiger partial charge in [0.25, 0.3) is 0 Å². The van der Waals surface area contributed by atoms with Crippen molar-refractivity contribution in [2.75, 3.05) is 31.0 Å². The molecule has 0 amide bonds. The molecule has 0 aromatic carbocycles. The average Bonchev–Trinajstić information content (AvgIpc) is 2.19. The average molecular weight is 199 g/mol. The number of anilines is 1. The summed E-state index contributed by atoms with van der Waals surface area (Å²) in [7, 11) is 1.60. The SMILES string of the molecule is COc1cnc(NCCSC)nc1. The Bertz CT molecular complexity index is 240. The van der Waals surface area contributed by atoms with E-state index in [1.165, 1.54) is 0 Å². The van der Waals surface area contributed by atoms with E-state index in [0.29, 0.717) is 11.7 Å². The summed E-state index contributed by atoms with van der Waals surface area (Å²) in [5, 5.41) is 3.10. The second-order valence-electron chi connectivity index (χ2n) is 2.37. The highest BCUT2D eigenvalue weighted by atomic mass is 32.2. The van der Waals surface area contributed by atoms with E-state index < -0.39 is 0 Å². The zero-order valence-electron chi connectivity index (χ0n) is 7.78. The van der Waals surface area contributed by atoms with Gasteiger partial charge in [0.15, 0.2) is 5.75 Å². The molecule has 0 spiro atoms. The van der Waals surface area contributed by atoms with Crippen LogP contribution in [0.5, 0.6) is 5.75 Å². The van der Waals surface area contributed by atoms with Crippen LogP contribution in [-0.4, -0.2) is 35.6 Å². The summed E-state index contributed by atoms with van der Waals surface area (Å²) in [4.78, 5) is 8.13. The highest BCUT2D eigenvalue weighted by Crippen LogP contribution is 2.06. The molecule has 4 nitrogen and oxygen atoms in total. The second kappa shape index (κ2) is 5.64. The summed E-state index contributed by atoms with van der Waals surface area (Å²) < 4.78 is 4.94. The number of nitrogens with one attached hydrogen (secondary N) is 1. The molecule has 0 saturated carbocycles. The smallest absolute Gasteiger partial charge is 0.222 e. The van der Waals surface area contributed by atoms with Gasteiger partial charge in [-0.15, -0.1) is 0 Å². The van der Waals surface area contributed by atoms with Crippen LogP contribution < -0.4 is 10.1 Å². The first-order chi connectivity index (χ1) is 6.36. The maximum Gasteiger partial charge on any atom is 0.222 e. The Labute approximate surface area is 82.1 Å². The van der Waals surface area contributed by atoms with Crippen molar-refractivity contribution in [1.82, 2.24) is 9.97 Å². The van der Waals surface area contributed by atoms with Crippen LogP contribution >= 0.6 is 11.8 Å². The molecule has 1 rings (SSSR count). The summed E-state index contributed by atoms with van der Waals surface area (Å²) in [6.07, 6.45) is 5.36. The van der Waals surface area contributed by atoms with E-state index >= 15 is 0 Å².